The van der Waals surface area contributed by atoms with E-state index < -0.39 is 345 Å². The maximum Gasteiger partial charge on any atom is 0.143 e. The largest absolute Gasteiger partial charge is 0.457 e. The van der Waals surface area contributed by atoms with Crippen LogP contribution < -0.4 is 9.64 Å². The van der Waals surface area contributed by atoms with E-state index in [1.807, 2.05) is 0 Å². The molecule has 63 heavy (non-hydrogen) atoms. The summed E-state index contributed by atoms with van der Waals surface area (Å²) in [5, 5.41) is -2.59. The summed E-state index contributed by atoms with van der Waals surface area (Å²) >= 11 is 0.252. The molecule has 0 aliphatic carbocycles. The number of anilines is 3. The molecule has 0 saturated heterocycles. The molecule has 3 heterocycles. The van der Waals surface area contributed by atoms with E-state index in [2.05, 4.69) is 0 Å². The van der Waals surface area contributed by atoms with Gasteiger partial charge in [-0.25, -0.2) is 0 Å². The van der Waals surface area contributed by atoms with Gasteiger partial charge in [-0.3, -0.25) is 0 Å². The molecule has 2 aliphatic rings. The van der Waals surface area contributed by atoms with Gasteiger partial charge in [0.05, 0.1) is 56.1 Å². The molecule has 1 spiro atoms. The minimum atomic E-state index is -3.13. The van der Waals surface area contributed by atoms with Crippen molar-refractivity contribution in [2.45, 2.75) is 15.2 Å². The van der Waals surface area contributed by atoms with Crippen LogP contribution in [0.25, 0.3) is 55.0 Å². The van der Waals surface area contributed by atoms with Crippen molar-refractivity contribution < 1.29 is 59.9 Å². The number of furan rings is 1. The monoisotopic (exact) mass is 860 g/mol. The Kier molecular flexibility index (Phi) is 3.35. The van der Waals surface area contributed by atoms with Crippen molar-refractivity contribution >= 4 is 61.5 Å². The van der Waals surface area contributed by atoms with Crippen LogP contribution in [0.1, 0.15) is 73.0 Å². The molecular formula is C59H37NO2S. The summed E-state index contributed by atoms with van der Waals surface area (Å²) in [6, 6.07) is -40.5. The predicted molar refractivity (Wildman–Crippen MR) is 259 cm³/mol. The third-order valence-corrected chi connectivity index (χ3v) is 11.4. The van der Waals surface area contributed by atoms with Crippen LogP contribution in [0.15, 0.2) is 238 Å². The van der Waals surface area contributed by atoms with Crippen LogP contribution in [0.4, 0.5) is 17.1 Å². The number of hydrogen-bond donors (Lipinski definition) is 0. The smallest absolute Gasteiger partial charge is 0.143 e. The van der Waals surface area contributed by atoms with Crippen molar-refractivity contribution in [3.05, 3.63) is 246 Å². The van der Waals surface area contributed by atoms with Crippen molar-refractivity contribution in [1.29, 1.82) is 0 Å². The topological polar surface area (TPSA) is 25.6 Å². The standard InChI is InChI=1S/C59H37NO2S/c1-2-13-38(14-3-1)39-25-31-42(32-26-39)60(44-35-29-41-30-36-47-46-15-4-8-21-53(46)62-57(47)48(41)37-44)43-33-27-40(28-34-43)45-16-12-20-52-58(45)63-56-24-11-7-19-51(56)59(52)49-17-5-9-22-54(49)61-55-23-10-6-18-50(55)59/h1-37H/i1D,2D,3D,4D,5D,6D,7D,8D,9D,10D,11D,12D,13D,14D,15D,16D,17D,18D,19D,20D,21D,22D,23D,24D,25D,26D,27D,28D,29D,30D,31D,32D,33D,34D,35D,36D,37D. The summed E-state index contributed by atoms with van der Waals surface area (Å²) in [7, 11) is 0. The van der Waals surface area contributed by atoms with E-state index in [0.717, 1.165) is 0 Å². The first-order chi connectivity index (χ1) is 46.6. The molecule has 0 fully saturated rings. The van der Waals surface area contributed by atoms with Crippen molar-refractivity contribution in [3.8, 4) is 33.8 Å². The third-order valence-electron chi connectivity index (χ3n) is 10.3. The average molecular weight is 861 g/mol. The van der Waals surface area contributed by atoms with Gasteiger partial charge in [-0.15, -0.1) is 0 Å². The highest BCUT2D eigenvalue weighted by Crippen LogP contribution is 2.62. The number of para-hydroxylation sites is 3. The molecule has 296 valence electrons. The average Bonchev–Trinajstić information content (AvgIpc) is 0.778. The molecule has 0 unspecified atom stereocenters. The number of hydrogen-bond acceptors (Lipinski definition) is 4. The fourth-order valence-electron chi connectivity index (χ4n) is 7.62. The molecule has 0 saturated carbocycles. The Hall–Kier alpha value is -7.79. The first-order valence-corrected chi connectivity index (χ1v) is 19.2. The number of rotatable bonds is 5. The molecule has 2 aliphatic heterocycles. The highest BCUT2D eigenvalue weighted by Gasteiger charge is 2.49. The quantitative estimate of drug-likeness (QED) is 0.172. The molecule has 1 aromatic heterocycles. The first-order valence-electron chi connectivity index (χ1n) is 36.9. The van der Waals surface area contributed by atoms with E-state index in [1.165, 1.54) is 0 Å². The van der Waals surface area contributed by atoms with Crippen molar-refractivity contribution in [1.82, 2.24) is 0 Å². The maximum absolute atomic E-state index is 10.1. The minimum absolute atomic E-state index is 0.252. The second kappa shape index (κ2) is 14.1. The summed E-state index contributed by atoms with van der Waals surface area (Å²) in [5.41, 5.74) is -15.5. The fraction of sp³-hybridized carbons (Fsp3) is 0.0169. The first kappa shape index (κ1) is 14.9. The summed E-state index contributed by atoms with van der Waals surface area (Å²) in [4.78, 5) is -1.10. The van der Waals surface area contributed by atoms with Crippen molar-refractivity contribution in [3.63, 3.8) is 0 Å². The zero-order valence-corrected chi connectivity index (χ0v) is 32.0. The number of benzene rings is 10. The molecule has 13 rings (SSSR count). The van der Waals surface area contributed by atoms with Gasteiger partial charge in [-0.05, 0) is 105 Å². The van der Waals surface area contributed by atoms with E-state index >= 15 is 0 Å². The molecule has 0 amide bonds. The van der Waals surface area contributed by atoms with Crippen LogP contribution in [0.3, 0.4) is 0 Å². The molecule has 0 atom stereocenters. The Morgan fingerprint density at radius 3 is 1.78 bits per heavy atom. The normalized spacial score (nSPS) is 21.5. The number of fused-ring (bicyclic) bond motifs is 13. The van der Waals surface area contributed by atoms with Crippen molar-refractivity contribution in [2.24, 2.45) is 0 Å². The minimum Gasteiger partial charge on any atom is -0.457 e. The van der Waals surface area contributed by atoms with Gasteiger partial charge in [0.2, 0.25) is 0 Å². The highest BCUT2D eigenvalue weighted by atomic mass is 32.2. The lowest BCUT2D eigenvalue weighted by molar-refractivity contribution is 0.431. The molecular weight excluding hydrogens is 787 g/mol. The molecule has 0 bridgehead atoms. The van der Waals surface area contributed by atoms with E-state index in [0.29, 0.717) is 0 Å². The van der Waals surface area contributed by atoms with E-state index in [1.54, 1.807) is 0 Å². The van der Waals surface area contributed by atoms with Crippen LogP contribution in [0, 0.1) is 0 Å². The van der Waals surface area contributed by atoms with Crippen LogP contribution in [-0.4, -0.2) is 0 Å². The SMILES string of the molecule is [2H]c1c([2H])c([2H])c(-c2c([2H])c([2H])c(N(c3c([2H])c([2H])c(-c4c([2H])c([2H])c([2H])c5c4Sc4c([2H])c([2H])c([2H])c([2H])c4C54c5c([2H])c([2H])c([2H])c([2H])c5Oc5c([2H])c([2H])c([2H])c([2H])c54)c([2H])c3[2H])c3c([2H])c([2H])c4c([2H])c([2H])c5c(oc6c([2H])c([2H])c([2H])c([2H])c65)c4c3[2H])c([2H])c2[2H])c([2H])c1[2H]. The van der Waals surface area contributed by atoms with Gasteiger partial charge in [0.25, 0.3) is 0 Å². The second-order valence-corrected chi connectivity index (χ2v) is 14.6. The Morgan fingerprint density at radius 2 is 1.02 bits per heavy atom. The fourth-order valence-corrected chi connectivity index (χ4v) is 8.80. The van der Waals surface area contributed by atoms with E-state index in [4.69, 9.17) is 31.1 Å². The Morgan fingerprint density at radius 1 is 0.429 bits per heavy atom. The van der Waals surface area contributed by atoms with Gasteiger partial charge >= 0.3 is 0 Å². The summed E-state index contributed by atoms with van der Waals surface area (Å²) < 4.78 is 355. The Labute approximate surface area is 421 Å². The molecule has 4 heteroatoms. The van der Waals surface area contributed by atoms with Crippen LogP contribution >= 0.6 is 11.8 Å². The van der Waals surface area contributed by atoms with Crippen LogP contribution in [0.5, 0.6) is 11.5 Å². The van der Waals surface area contributed by atoms with Crippen LogP contribution in [0.2, 0.25) is 0 Å². The second-order valence-electron chi connectivity index (χ2n) is 13.5. The lowest BCUT2D eigenvalue weighted by Gasteiger charge is -2.45. The van der Waals surface area contributed by atoms with Gasteiger partial charge in [0.1, 0.15) is 22.7 Å². The van der Waals surface area contributed by atoms with Gasteiger partial charge < -0.3 is 14.1 Å². The number of ether oxygens (including phenoxy) is 1. The van der Waals surface area contributed by atoms with E-state index in [9.17, 15) is 28.8 Å². The van der Waals surface area contributed by atoms with Gasteiger partial charge in [0, 0.05) is 54.1 Å². The van der Waals surface area contributed by atoms with Crippen LogP contribution in [-0.2, 0) is 5.41 Å². The highest BCUT2D eigenvalue weighted by molar-refractivity contribution is 7.99. The molecule has 11 aromatic rings. The molecule has 0 radical (unpaired) electrons. The zero-order chi connectivity index (χ0) is 73.7. The van der Waals surface area contributed by atoms with E-state index in [-0.39, 0.29) is 16.7 Å². The molecule has 3 nitrogen and oxygen atoms in total. The van der Waals surface area contributed by atoms with Gasteiger partial charge in [0.15, 0.2) is 0 Å². The maximum atomic E-state index is 10.1. The summed E-state index contributed by atoms with van der Waals surface area (Å²) in [6.07, 6.45) is 0. The molecule has 0 N–H and O–H groups in total. The predicted octanol–water partition coefficient (Wildman–Crippen LogP) is 16.5. The molecule has 10 aromatic carbocycles. The lowest BCUT2D eigenvalue weighted by Crippen LogP contribution is -2.36. The summed E-state index contributed by atoms with van der Waals surface area (Å²) in [5.74, 6) is -1.85. The lowest BCUT2D eigenvalue weighted by atomic mass is 9.63. The third kappa shape index (κ3) is 5.48. The Balaban J connectivity index is 1.22. The van der Waals surface area contributed by atoms with Gasteiger partial charge in [-0.2, -0.15) is 0 Å². The number of nitrogens with zero attached hydrogens (tertiary/aromatic N) is 1. The zero-order valence-electron chi connectivity index (χ0n) is 68.2. The van der Waals surface area contributed by atoms with Crippen molar-refractivity contribution in [2.75, 3.05) is 4.90 Å². The summed E-state index contributed by atoms with van der Waals surface area (Å²) in [6.45, 7) is 0. The Bertz CT molecular complexity index is 5600. The van der Waals surface area contributed by atoms with Gasteiger partial charge in [-0.1, -0.05) is 169 Å².